The Kier molecular flexibility index (Phi) is 19.6. The first-order chi connectivity index (χ1) is 32.8. The van der Waals surface area contributed by atoms with Crippen LogP contribution in [0.25, 0.3) is 5.69 Å². The van der Waals surface area contributed by atoms with E-state index in [0.717, 1.165) is 16.8 Å². The number of ether oxygens (including phenoxy) is 7. The van der Waals surface area contributed by atoms with Crippen LogP contribution in [0.1, 0.15) is 119 Å². The molecule has 0 spiro atoms. The Morgan fingerprint density at radius 2 is 1.51 bits per heavy atom. The van der Waals surface area contributed by atoms with Gasteiger partial charge in [-0.2, -0.15) is 0 Å². The summed E-state index contributed by atoms with van der Waals surface area (Å²) in [5, 5.41) is 46.7. The molecule has 0 radical (unpaired) electrons. The number of rotatable bonds is 12. The van der Waals surface area contributed by atoms with Crippen LogP contribution in [0, 0.1) is 42.4 Å². The highest BCUT2D eigenvalue weighted by Crippen LogP contribution is 2.42. The van der Waals surface area contributed by atoms with Crippen LogP contribution in [0.4, 0.5) is 0 Å². The maximum Gasteiger partial charge on any atom is 0.311 e. The number of pyridine rings is 1. The molecule has 70 heavy (non-hydrogen) atoms. The van der Waals surface area contributed by atoms with Gasteiger partial charge in [0.15, 0.2) is 12.6 Å². The van der Waals surface area contributed by atoms with E-state index in [2.05, 4.69) is 16.7 Å². The summed E-state index contributed by atoms with van der Waals surface area (Å²) < 4.78 is 46.3. The second-order valence-corrected chi connectivity index (χ2v) is 21.0. The zero-order valence-electron chi connectivity index (χ0n) is 43.9. The average molecular weight is 983 g/mol. The normalized spacial score (nSPS) is 39.2. The van der Waals surface area contributed by atoms with Crippen LogP contribution in [0.3, 0.4) is 0 Å². The number of aliphatic hydroxyl groups excluding tert-OH is 3. The fourth-order valence-corrected chi connectivity index (χ4v) is 10.8. The number of Topliss-reactive ketones (excluding diaryl/α,β-unsaturated/α-hetero) is 1. The van der Waals surface area contributed by atoms with E-state index in [1.165, 1.54) is 21.1 Å². The van der Waals surface area contributed by atoms with Gasteiger partial charge in [-0.3, -0.25) is 19.0 Å². The third-order valence-corrected chi connectivity index (χ3v) is 15.4. The Morgan fingerprint density at radius 3 is 2.14 bits per heavy atom. The van der Waals surface area contributed by atoms with Crippen molar-refractivity contribution >= 4 is 11.8 Å². The fraction of sp³-hybridized carbons (Fsp3) is 0.722. The highest BCUT2D eigenvalue weighted by atomic mass is 16.7. The average Bonchev–Trinajstić information content (AvgIpc) is 3.33. The summed E-state index contributed by atoms with van der Waals surface area (Å²) in [6.07, 6.45) is -6.31. The number of aryl methyl sites for hydroxylation is 1. The number of carbonyl (C=O) groups excluding carboxylic acids is 2. The molecule has 3 aliphatic rings. The van der Waals surface area contributed by atoms with Crippen LogP contribution in [-0.4, -0.2) is 154 Å². The van der Waals surface area contributed by atoms with Crippen LogP contribution < -0.4 is 5.56 Å². The summed E-state index contributed by atoms with van der Waals surface area (Å²) in [6, 6.07) is 10.5. The molecular weight excluding hydrogens is 901 g/mol. The van der Waals surface area contributed by atoms with Crippen LogP contribution in [-0.2, 0) is 42.7 Å². The minimum Gasteiger partial charge on any atom is -0.459 e. The number of benzene rings is 1. The number of aromatic nitrogens is 1. The van der Waals surface area contributed by atoms with Gasteiger partial charge < -0.3 is 58.5 Å². The lowest BCUT2D eigenvalue weighted by atomic mass is 9.74. The number of aliphatic hydroxyl groups is 4. The Hall–Kier alpha value is -3.57. The quantitative estimate of drug-likeness (QED) is 0.124. The molecule has 0 aliphatic carbocycles. The Labute approximate surface area is 415 Å². The Morgan fingerprint density at radius 1 is 0.857 bits per heavy atom. The first-order valence-electron chi connectivity index (χ1n) is 25.0. The number of ketones is 1. The van der Waals surface area contributed by atoms with Crippen molar-refractivity contribution in [2.24, 2.45) is 23.7 Å². The van der Waals surface area contributed by atoms with Gasteiger partial charge in [-0.25, -0.2) is 0 Å². The lowest BCUT2D eigenvalue weighted by Crippen LogP contribution is -2.61. The van der Waals surface area contributed by atoms with Gasteiger partial charge in [-0.05, 0) is 118 Å². The van der Waals surface area contributed by atoms with E-state index in [1.54, 1.807) is 65.2 Å². The van der Waals surface area contributed by atoms with Crippen molar-refractivity contribution in [3.63, 3.8) is 0 Å². The Balaban J connectivity index is 1.43. The molecule has 3 fully saturated rings. The summed E-state index contributed by atoms with van der Waals surface area (Å²) in [7, 11) is 4.95. The molecule has 5 rings (SSSR count). The Bertz CT molecular complexity index is 2170. The molecule has 16 heteroatoms. The highest BCUT2D eigenvalue weighted by molar-refractivity contribution is 5.83. The number of cyclic esters (lactones) is 1. The molecule has 2 aromatic rings. The lowest BCUT2D eigenvalue weighted by molar-refractivity contribution is -0.319. The zero-order valence-corrected chi connectivity index (χ0v) is 43.9. The zero-order chi connectivity index (χ0) is 52.0. The van der Waals surface area contributed by atoms with Crippen molar-refractivity contribution in [3.8, 4) is 17.5 Å². The van der Waals surface area contributed by atoms with Crippen LogP contribution >= 0.6 is 0 Å². The van der Waals surface area contributed by atoms with Gasteiger partial charge in [0.25, 0.3) is 5.56 Å². The summed E-state index contributed by atoms with van der Waals surface area (Å²) in [5.74, 6) is 1.78. The molecule has 3 aliphatic heterocycles. The summed E-state index contributed by atoms with van der Waals surface area (Å²) in [5.41, 5.74) is -1.91. The molecule has 18 atom stereocenters. The predicted molar refractivity (Wildman–Crippen MR) is 263 cm³/mol. The molecular formula is C54H82N2O14. The summed E-state index contributed by atoms with van der Waals surface area (Å²) in [4.78, 5) is 43.2. The standard InChI is InChI=1S/C54H82N2O14/c1-15-41-54(11,63)47(60)34(5)44(58)32(3)28-53(10,65-14)49(35(6)46(36(7)50(62)68-41)69-43-29-52(9,64-13)48(61)37(8)67-43)70-51-45(59)40(27-33(4)66-51)55(12)26-18-16-17-19-38-21-23-39(24-22-38)56-30-31(2)20-25-42(56)57/h20-25,30,32-37,40-41,43,45-49,51,59-61,63H,15-16,18,26-29H2,1-14H3/t32-,33-,34+,35+,36-,37+,40+,41?,43?,45-,46-,47-,48+,49-,51?,52-,53+,54-/m1/s1. The third-order valence-electron chi connectivity index (χ3n) is 15.4. The topological polar surface area (TPSA) is 205 Å². The monoisotopic (exact) mass is 983 g/mol. The highest BCUT2D eigenvalue weighted by Gasteiger charge is 2.54. The molecule has 3 unspecified atom stereocenters. The summed E-state index contributed by atoms with van der Waals surface area (Å²) in [6.45, 7) is 19.6. The van der Waals surface area contributed by atoms with Crippen molar-refractivity contribution in [1.29, 1.82) is 0 Å². The van der Waals surface area contributed by atoms with E-state index >= 15 is 0 Å². The fourth-order valence-electron chi connectivity index (χ4n) is 10.8. The first-order valence-corrected chi connectivity index (χ1v) is 25.0. The van der Waals surface area contributed by atoms with E-state index in [-0.39, 0.29) is 42.8 Å². The van der Waals surface area contributed by atoms with Crippen LogP contribution in [0.2, 0.25) is 0 Å². The minimum atomic E-state index is -2.00. The van der Waals surface area contributed by atoms with E-state index < -0.39 is 102 Å². The summed E-state index contributed by atoms with van der Waals surface area (Å²) >= 11 is 0. The van der Waals surface area contributed by atoms with Crippen molar-refractivity contribution in [1.82, 2.24) is 9.47 Å². The molecule has 1 aromatic carbocycles. The van der Waals surface area contributed by atoms with Gasteiger partial charge in [-0.15, -0.1) is 0 Å². The van der Waals surface area contributed by atoms with E-state index in [0.29, 0.717) is 25.8 Å². The maximum atomic E-state index is 14.4. The van der Waals surface area contributed by atoms with Crippen molar-refractivity contribution < 1.29 is 63.2 Å². The van der Waals surface area contributed by atoms with Gasteiger partial charge in [0.2, 0.25) is 0 Å². The predicted octanol–water partition coefficient (Wildman–Crippen LogP) is 5.10. The number of carbonyl (C=O) groups is 2. The molecule has 16 nitrogen and oxygen atoms in total. The van der Waals surface area contributed by atoms with Crippen molar-refractivity contribution in [3.05, 3.63) is 64.1 Å². The molecule has 0 bridgehead atoms. The molecule has 3 saturated heterocycles. The second kappa shape index (κ2) is 24.0. The van der Waals surface area contributed by atoms with Crippen LogP contribution in [0.5, 0.6) is 0 Å². The number of hydrogen-bond donors (Lipinski definition) is 4. The largest absolute Gasteiger partial charge is 0.459 e. The third kappa shape index (κ3) is 13.0. The van der Waals surface area contributed by atoms with Crippen molar-refractivity contribution in [2.75, 3.05) is 27.8 Å². The molecule has 0 amide bonds. The molecule has 1 aromatic heterocycles. The number of methoxy groups -OCH3 is 2. The van der Waals surface area contributed by atoms with E-state index in [1.807, 2.05) is 58.3 Å². The molecule has 392 valence electrons. The van der Waals surface area contributed by atoms with Gasteiger partial charge in [-0.1, -0.05) is 45.6 Å². The van der Waals surface area contributed by atoms with Gasteiger partial charge in [0.1, 0.15) is 29.7 Å². The molecule has 4 heterocycles. The lowest BCUT2D eigenvalue weighted by Gasteiger charge is -2.50. The molecule has 0 saturated carbocycles. The first kappa shape index (κ1) is 57.3. The number of hydrogen-bond acceptors (Lipinski definition) is 15. The smallest absolute Gasteiger partial charge is 0.311 e. The van der Waals surface area contributed by atoms with Gasteiger partial charge in [0, 0.05) is 74.4 Å². The van der Waals surface area contributed by atoms with Gasteiger partial charge >= 0.3 is 5.97 Å². The van der Waals surface area contributed by atoms with Gasteiger partial charge in [0.05, 0.1) is 47.6 Å². The number of unbranched alkanes of at least 4 members (excludes halogenated alkanes) is 1. The second-order valence-electron chi connectivity index (χ2n) is 21.0. The van der Waals surface area contributed by atoms with E-state index in [9.17, 15) is 34.8 Å². The minimum absolute atomic E-state index is 0.0732. The maximum absolute atomic E-state index is 14.4. The molecule has 4 N–H and O–H groups in total. The van der Waals surface area contributed by atoms with E-state index in [4.69, 9.17) is 33.2 Å². The number of likely N-dealkylation sites (N-methyl/N-ethyl adjacent to an activating group) is 1. The number of nitrogens with zero attached hydrogens (tertiary/aromatic N) is 2. The SMILES string of the molecule is CCC1OC(=O)[C@H](C)[C@H](OC2C[C@@](C)(OC)[C@@H](O)[C@H](C)O2)[C@H](C)[C@@H](OC2O[C@H](C)C[C@H](N(C)CCCC#Cc3ccc(-n4cc(C)ccc4=O)cc3)[C@H]2O)[C@@](C)(OC)C[C@@H](C)C(=O)[C@H](C)[C@@H](O)[C@]1(C)O. The van der Waals surface area contributed by atoms with Crippen molar-refractivity contribution in [2.45, 2.75) is 199 Å². The van der Waals surface area contributed by atoms with Crippen LogP contribution in [0.15, 0.2) is 47.4 Å². The number of esters is 1.